The predicted molar refractivity (Wildman–Crippen MR) is 58.4 cm³/mol. The zero-order valence-electron chi connectivity index (χ0n) is 9.74. The van der Waals surface area contributed by atoms with Crippen LogP contribution in [0.4, 0.5) is 13.2 Å². The molecule has 0 amide bonds. The maximum absolute atomic E-state index is 12.2. The number of halogens is 3. The molecule has 2 heterocycles. The third kappa shape index (κ3) is 3.13. The van der Waals surface area contributed by atoms with E-state index in [-0.39, 0.29) is 5.56 Å². The maximum atomic E-state index is 12.2. The first-order valence-corrected chi connectivity index (χ1v) is 5.82. The monoisotopic (exact) mass is 261 g/mol. The summed E-state index contributed by atoms with van der Waals surface area (Å²) in [5, 5.41) is 0. The maximum Gasteiger partial charge on any atom is 0.454 e. The average Bonchev–Trinajstić information content (AvgIpc) is 2.76. The van der Waals surface area contributed by atoms with Gasteiger partial charge in [-0.15, -0.1) is 0 Å². The van der Waals surface area contributed by atoms with Crippen LogP contribution in [-0.2, 0) is 11.3 Å². The largest absolute Gasteiger partial charge is 0.454 e. The number of carbonyl (C=O) groups excluding carboxylic acids is 1. The van der Waals surface area contributed by atoms with Gasteiger partial charge in [-0.1, -0.05) is 0 Å². The molecule has 3 nitrogen and oxygen atoms in total. The van der Waals surface area contributed by atoms with Crippen LogP contribution in [0.3, 0.4) is 0 Å². The van der Waals surface area contributed by atoms with Gasteiger partial charge in [0.15, 0.2) is 0 Å². The van der Waals surface area contributed by atoms with Crippen molar-refractivity contribution >= 4 is 5.78 Å². The SMILES string of the molecule is O=C(c1ccn(CC2CCOCC2)c1)C(F)(F)F. The van der Waals surface area contributed by atoms with Crippen molar-refractivity contribution in [2.24, 2.45) is 5.92 Å². The fourth-order valence-corrected chi connectivity index (χ4v) is 2.08. The average molecular weight is 261 g/mol. The van der Waals surface area contributed by atoms with Crippen LogP contribution in [-0.4, -0.2) is 29.7 Å². The van der Waals surface area contributed by atoms with Crippen molar-refractivity contribution in [3.05, 3.63) is 24.0 Å². The van der Waals surface area contributed by atoms with Crippen molar-refractivity contribution < 1.29 is 22.7 Å². The summed E-state index contributed by atoms with van der Waals surface area (Å²) < 4.78 is 43.5. The third-order valence-corrected chi connectivity index (χ3v) is 3.08. The van der Waals surface area contributed by atoms with E-state index in [1.165, 1.54) is 18.5 Å². The molecule has 0 saturated carbocycles. The van der Waals surface area contributed by atoms with Crippen LogP contribution in [0.2, 0.25) is 0 Å². The molecule has 1 aliphatic heterocycles. The minimum atomic E-state index is -4.80. The Balaban J connectivity index is 1.99. The van der Waals surface area contributed by atoms with Gasteiger partial charge in [0.25, 0.3) is 5.78 Å². The summed E-state index contributed by atoms with van der Waals surface area (Å²) in [5.74, 6) is -1.38. The van der Waals surface area contributed by atoms with Crippen LogP contribution >= 0.6 is 0 Å². The van der Waals surface area contributed by atoms with Gasteiger partial charge >= 0.3 is 6.18 Å². The lowest BCUT2D eigenvalue weighted by molar-refractivity contribution is -0.0885. The van der Waals surface area contributed by atoms with Gasteiger partial charge in [0.05, 0.1) is 0 Å². The highest BCUT2D eigenvalue weighted by atomic mass is 19.4. The van der Waals surface area contributed by atoms with Gasteiger partial charge in [0.2, 0.25) is 0 Å². The summed E-state index contributed by atoms with van der Waals surface area (Å²) >= 11 is 0. The molecular weight excluding hydrogens is 247 g/mol. The van der Waals surface area contributed by atoms with Crippen molar-refractivity contribution in [2.75, 3.05) is 13.2 Å². The molecule has 6 heteroatoms. The second-order valence-electron chi connectivity index (χ2n) is 4.48. The molecule has 1 aromatic heterocycles. The van der Waals surface area contributed by atoms with Crippen LogP contribution in [0.25, 0.3) is 0 Å². The van der Waals surface area contributed by atoms with Gasteiger partial charge < -0.3 is 9.30 Å². The van der Waals surface area contributed by atoms with E-state index >= 15 is 0 Å². The van der Waals surface area contributed by atoms with Crippen LogP contribution < -0.4 is 0 Å². The van der Waals surface area contributed by atoms with E-state index in [1.54, 1.807) is 4.57 Å². The van der Waals surface area contributed by atoms with Crippen molar-refractivity contribution in [1.29, 1.82) is 0 Å². The van der Waals surface area contributed by atoms with Crippen molar-refractivity contribution in [1.82, 2.24) is 4.57 Å². The van der Waals surface area contributed by atoms with Gasteiger partial charge in [0.1, 0.15) is 0 Å². The number of carbonyl (C=O) groups is 1. The number of ether oxygens (including phenoxy) is 1. The minimum absolute atomic E-state index is 0.297. The van der Waals surface area contributed by atoms with Gasteiger partial charge in [-0.25, -0.2) is 0 Å². The van der Waals surface area contributed by atoms with Crippen LogP contribution in [0.5, 0.6) is 0 Å². The molecule has 100 valence electrons. The van der Waals surface area contributed by atoms with E-state index in [2.05, 4.69) is 0 Å². The summed E-state index contributed by atoms with van der Waals surface area (Å²) in [7, 11) is 0. The minimum Gasteiger partial charge on any atom is -0.381 e. The summed E-state index contributed by atoms with van der Waals surface area (Å²) in [6.45, 7) is 2.02. The van der Waals surface area contributed by atoms with E-state index < -0.39 is 12.0 Å². The molecular formula is C12H14F3NO2. The number of hydrogen-bond donors (Lipinski definition) is 0. The fraction of sp³-hybridized carbons (Fsp3) is 0.583. The lowest BCUT2D eigenvalue weighted by Crippen LogP contribution is -2.22. The number of aromatic nitrogens is 1. The van der Waals surface area contributed by atoms with Gasteiger partial charge in [-0.3, -0.25) is 4.79 Å². The lowest BCUT2D eigenvalue weighted by atomic mass is 10.0. The molecule has 1 fully saturated rings. The molecule has 0 unspecified atom stereocenters. The van der Waals surface area contributed by atoms with E-state index in [4.69, 9.17) is 4.74 Å². The Labute approximate surface area is 103 Å². The highest BCUT2D eigenvalue weighted by Gasteiger charge is 2.39. The second kappa shape index (κ2) is 5.14. The zero-order chi connectivity index (χ0) is 13.2. The van der Waals surface area contributed by atoms with E-state index in [0.717, 1.165) is 12.8 Å². The number of alkyl halides is 3. The van der Waals surface area contributed by atoms with Crippen LogP contribution in [0, 0.1) is 5.92 Å². The van der Waals surface area contributed by atoms with E-state index in [9.17, 15) is 18.0 Å². The van der Waals surface area contributed by atoms with Gasteiger partial charge in [-0.05, 0) is 24.8 Å². The molecule has 0 radical (unpaired) electrons. The van der Waals surface area contributed by atoms with Crippen LogP contribution in [0.1, 0.15) is 23.2 Å². The third-order valence-electron chi connectivity index (χ3n) is 3.08. The summed E-state index contributed by atoms with van der Waals surface area (Å²) in [6, 6.07) is 1.22. The van der Waals surface area contributed by atoms with Gasteiger partial charge in [-0.2, -0.15) is 13.2 Å². The Morgan fingerprint density at radius 1 is 1.39 bits per heavy atom. The smallest absolute Gasteiger partial charge is 0.381 e. The topological polar surface area (TPSA) is 31.2 Å². The quantitative estimate of drug-likeness (QED) is 0.783. The summed E-state index contributed by atoms with van der Waals surface area (Å²) in [5.41, 5.74) is -0.297. The molecule has 1 saturated heterocycles. The fourth-order valence-electron chi connectivity index (χ4n) is 2.08. The first-order valence-electron chi connectivity index (χ1n) is 5.82. The number of rotatable bonds is 3. The molecule has 0 spiro atoms. The van der Waals surface area contributed by atoms with E-state index in [0.29, 0.717) is 25.7 Å². The molecule has 0 atom stereocenters. The summed E-state index contributed by atoms with van der Waals surface area (Å²) in [6.07, 6.45) is -0.202. The Morgan fingerprint density at radius 3 is 2.67 bits per heavy atom. The molecule has 0 aromatic carbocycles. The molecule has 2 rings (SSSR count). The summed E-state index contributed by atoms with van der Waals surface area (Å²) in [4.78, 5) is 11.0. The Hall–Kier alpha value is -1.30. The number of Topliss-reactive ketones (excluding diaryl/α,β-unsaturated/α-hetero) is 1. The predicted octanol–water partition coefficient (Wildman–Crippen LogP) is 2.66. The number of ketones is 1. The Morgan fingerprint density at radius 2 is 2.06 bits per heavy atom. The van der Waals surface area contributed by atoms with Gasteiger partial charge in [0, 0.05) is 37.7 Å². The number of nitrogens with zero attached hydrogens (tertiary/aromatic N) is 1. The molecule has 0 bridgehead atoms. The normalized spacial score (nSPS) is 17.9. The number of hydrogen-bond acceptors (Lipinski definition) is 2. The first-order chi connectivity index (χ1) is 8.47. The molecule has 0 aliphatic carbocycles. The standard InChI is InChI=1S/C12H14F3NO2/c13-12(14,15)11(17)10-1-4-16(8-10)7-9-2-5-18-6-3-9/h1,4,8-9H,2-3,5-7H2. The molecule has 1 aromatic rings. The van der Waals surface area contributed by atoms with Crippen molar-refractivity contribution in [3.8, 4) is 0 Å². The van der Waals surface area contributed by atoms with E-state index in [1.807, 2.05) is 0 Å². The zero-order valence-corrected chi connectivity index (χ0v) is 9.74. The van der Waals surface area contributed by atoms with Crippen molar-refractivity contribution in [3.63, 3.8) is 0 Å². The highest BCUT2D eigenvalue weighted by molar-refractivity contribution is 6.00. The molecule has 1 aliphatic rings. The Bertz CT molecular complexity index is 419. The lowest BCUT2D eigenvalue weighted by Gasteiger charge is -2.22. The Kier molecular flexibility index (Phi) is 3.75. The first kappa shape index (κ1) is 13.1. The highest BCUT2D eigenvalue weighted by Crippen LogP contribution is 2.22. The molecule has 0 N–H and O–H groups in total. The second-order valence-corrected chi connectivity index (χ2v) is 4.48. The molecule has 18 heavy (non-hydrogen) atoms. The van der Waals surface area contributed by atoms with Crippen molar-refractivity contribution in [2.45, 2.75) is 25.6 Å². The van der Waals surface area contributed by atoms with Crippen LogP contribution in [0.15, 0.2) is 18.5 Å².